The monoisotopic (exact) mass is 310 g/mol. The number of urea groups is 1. The summed E-state index contributed by atoms with van der Waals surface area (Å²) in [6.45, 7) is 10.1. The molecule has 0 saturated heterocycles. The highest BCUT2D eigenvalue weighted by molar-refractivity contribution is 5.76. The van der Waals surface area contributed by atoms with Crippen LogP contribution < -0.4 is 10.6 Å². The van der Waals surface area contributed by atoms with Gasteiger partial charge in [0.15, 0.2) is 0 Å². The number of amides is 2. The predicted octanol–water partition coefficient (Wildman–Crippen LogP) is 4.46. The maximum absolute atomic E-state index is 12.5. The summed E-state index contributed by atoms with van der Waals surface area (Å²) in [5.74, 6) is 0. The Hall–Kier alpha value is -2.29. The number of nitrogens with one attached hydrogen (secondary N) is 2. The van der Waals surface area contributed by atoms with Gasteiger partial charge in [-0.3, -0.25) is 0 Å². The fraction of sp³-hybridized carbons (Fsp3) is 0.350. The molecule has 2 aromatic carbocycles. The minimum Gasteiger partial charge on any atom is -0.329 e. The van der Waals surface area contributed by atoms with Crippen LogP contribution in [0.2, 0.25) is 0 Å². The average Bonchev–Trinajstić information content (AvgIpc) is 2.47. The van der Waals surface area contributed by atoms with Gasteiger partial charge in [-0.05, 0) is 45.7 Å². The normalized spacial score (nSPS) is 11.9. The molecular formula is C20H26N2O. The molecule has 0 atom stereocenters. The van der Waals surface area contributed by atoms with Gasteiger partial charge in [-0.1, -0.05) is 60.2 Å². The Bertz CT molecular complexity index is 675. The van der Waals surface area contributed by atoms with E-state index in [9.17, 15) is 4.79 Å². The highest BCUT2D eigenvalue weighted by Gasteiger charge is 2.27. The first kappa shape index (κ1) is 17.1. The van der Waals surface area contributed by atoms with Crippen LogP contribution in [0.1, 0.15) is 44.4 Å². The summed E-state index contributed by atoms with van der Waals surface area (Å²) in [5.41, 5.74) is 2.47. The Kier molecular flexibility index (Phi) is 4.79. The lowest BCUT2D eigenvalue weighted by molar-refractivity contribution is 0.219. The lowest BCUT2D eigenvalue weighted by Crippen LogP contribution is -2.51. The van der Waals surface area contributed by atoms with E-state index in [2.05, 4.69) is 29.7 Å². The van der Waals surface area contributed by atoms with E-state index < -0.39 is 11.1 Å². The fourth-order valence-corrected chi connectivity index (χ4v) is 2.63. The van der Waals surface area contributed by atoms with Crippen LogP contribution in [-0.2, 0) is 11.1 Å². The van der Waals surface area contributed by atoms with Crippen LogP contribution in [-0.4, -0.2) is 6.03 Å². The van der Waals surface area contributed by atoms with Crippen LogP contribution in [0, 0.1) is 6.92 Å². The third kappa shape index (κ3) is 4.35. The molecule has 2 rings (SSSR count). The molecule has 3 nitrogen and oxygen atoms in total. The maximum atomic E-state index is 12.5. The van der Waals surface area contributed by atoms with Crippen molar-refractivity contribution < 1.29 is 4.79 Å². The maximum Gasteiger partial charge on any atom is 0.316 e. The smallest absolute Gasteiger partial charge is 0.316 e. The molecule has 0 heterocycles. The zero-order chi connectivity index (χ0) is 17.1. The van der Waals surface area contributed by atoms with Crippen molar-refractivity contribution >= 4 is 6.03 Å². The molecule has 3 heteroatoms. The van der Waals surface area contributed by atoms with Crippen molar-refractivity contribution in [1.29, 1.82) is 0 Å². The fourth-order valence-electron chi connectivity index (χ4n) is 2.63. The molecule has 2 N–H and O–H groups in total. The van der Waals surface area contributed by atoms with Gasteiger partial charge in [-0.25, -0.2) is 4.79 Å². The SMILES string of the molecule is Cc1cccc(C(C)(C)NC(=O)NC(C)(C)c2ccccc2)c1. The highest BCUT2D eigenvalue weighted by Crippen LogP contribution is 2.22. The van der Waals surface area contributed by atoms with Crippen molar-refractivity contribution in [1.82, 2.24) is 10.6 Å². The Morgan fingerprint density at radius 1 is 0.783 bits per heavy atom. The summed E-state index contributed by atoms with van der Waals surface area (Å²) in [4.78, 5) is 12.5. The number of carbonyl (C=O) groups is 1. The lowest BCUT2D eigenvalue weighted by atomic mass is 9.92. The Morgan fingerprint density at radius 2 is 1.30 bits per heavy atom. The van der Waals surface area contributed by atoms with Gasteiger partial charge in [0.25, 0.3) is 0 Å². The summed E-state index contributed by atoms with van der Waals surface area (Å²) in [7, 11) is 0. The van der Waals surface area contributed by atoms with Crippen molar-refractivity contribution in [2.24, 2.45) is 0 Å². The van der Waals surface area contributed by atoms with E-state index in [0.717, 1.165) is 11.1 Å². The van der Waals surface area contributed by atoms with Crippen molar-refractivity contribution in [2.75, 3.05) is 0 Å². The first-order valence-electron chi connectivity index (χ1n) is 7.94. The highest BCUT2D eigenvalue weighted by atomic mass is 16.2. The van der Waals surface area contributed by atoms with Crippen molar-refractivity contribution in [2.45, 2.75) is 45.7 Å². The van der Waals surface area contributed by atoms with E-state index in [1.807, 2.05) is 70.2 Å². The van der Waals surface area contributed by atoms with Crippen LogP contribution in [0.3, 0.4) is 0 Å². The molecule has 0 spiro atoms. The molecule has 0 aromatic heterocycles. The molecule has 0 aliphatic heterocycles. The van der Waals surface area contributed by atoms with Gasteiger partial charge in [0.1, 0.15) is 0 Å². The second-order valence-electron chi connectivity index (χ2n) is 7.06. The number of rotatable bonds is 4. The first-order chi connectivity index (χ1) is 10.7. The third-order valence-corrected chi connectivity index (χ3v) is 4.09. The lowest BCUT2D eigenvalue weighted by Gasteiger charge is -2.32. The van der Waals surface area contributed by atoms with Gasteiger partial charge in [-0.15, -0.1) is 0 Å². The minimum absolute atomic E-state index is 0.176. The van der Waals surface area contributed by atoms with Crippen LogP contribution >= 0.6 is 0 Å². The third-order valence-electron chi connectivity index (χ3n) is 4.09. The number of carbonyl (C=O) groups excluding carboxylic acids is 1. The van der Waals surface area contributed by atoms with E-state index >= 15 is 0 Å². The average molecular weight is 310 g/mol. The summed E-state index contributed by atoms with van der Waals surface area (Å²) in [6, 6.07) is 18.0. The van der Waals surface area contributed by atoms with Gasteiger partial charge in [0.2, 0.25) is 0 Å². The van der Waals surface area contributed by atoms with Crippen molar-refractivity contribution in [3.8, 4) is 0 Å². The summed E-state index contributed by atoms with van der Waals surface area (Å²) >= 11 is 0. The van der Waals surface area contributed by atoms with E-state index in [0.29, 0.717) is 0 Å². The zero-order valence-corrected chi connectivity index (χ0v) is 14.6. The van der Waals surface area contributed by atoms with Crippen molar-refractivity contribution in [3.05, 3.63) is 71.3 Å². The van der Waals surface area contributed by atoms with Gasteiger partial charge < -0.3 is 10.6 Å². The molecule has 0 bridgehead atoms. The standard InChI is InChI=1S/C20H26N2O/c1-15-10-9-13-17(14-15)20(4,5)22-18(23)21-19(2,3)16-11-7-6-8-12-16/h6-14H,1-5H3,(H2,21,22,23). The second-order valence-corrected chi connectivity index (χ2v) is 7.06. The number of benzene rings is 2. The number of hydrogen-bond acceptors (Lipinski definition) is 1. The molecule has 122 valence electrons. The first-order valence-corrected chi connectivity index (χ1v) is 7.94. The molecule has 2 aromatic rings. The van der Waals surface area contributed by atoms with Gasteiger partial charge >= 0.3 is 6.03 Å². The Balaban J connectivity index is 2.09. The molecular weight excluding hydrogens is 284 g/mol. The molecule has 0 fully saturated rings. The number of aryl methyl sites for hydroxylation is 1. The molecule has 0 radical (unpaired) electrons. The molecule has 0 aliphatic carbocycles. The van der Waals surface area contributed by atoms with Crippen LogP contribution in [0.5, 0.6) is 0 Å². The molecule has 0 aliphatic rings. The Morgan fingerprint density at radius 3 is 1.87 bits per heavy atom. The van der Waals surface area contributed by atoms with E-state index in [1.54, 1.807) is 0 Å². The van der Waals surface area contributed by atoms with Gasteiger partial charge in [0.05, 0.1) is 11.1 Å². The Labute approximate surface area is 139 Å². The van der Waals surface area contributed by atoms with Crippen molar-refractivity contribution in [3.63, 3.8) is 0 Å². The predicted molar refractivity (Wildman–Crippen MR) is 95.3 cm³/mol. The number of hydrogen-bond donors (Lipinski definition) is 2. The quantitative estimate of drug-likeness (QED) is 0.860. The second kappa shape index (κ2) is 6.45. The van der Waals surface area contributed by atoms with Crippen LogP contribution in [0.4, 0.5) is 4.79 Å². The molecule has 0 unspecified atom stereocenters. The topological polar surface area (TPSA) is 41.1 Å². The summed E-state index contributed by atoms with van der Waals surface area (Å²) in [5, 5.41) is 6.14. The van der Waals surface area contributed by atoms with Gasteiger partial charge in [0, 0.05) is 0 Å². The minimum atomic E-state index is -0.442. The summed E-state index contributed by atoms with van der Waals surface area (Å²) in [6.07, 6.45) is 0. The van der Waals surface area contributed by atoms with Crippen LogP contribution in [0.15, 0.2) is 54.6 Å². The molecule has 2 amide bonds. The van der Waals surface area contributed by atoms with E-state index in [4.69, 9.17) is 0 Å². The van der Waals surface area contributed by atoms with Gasteiger partial charge in [-0.2, -0.15) is 0 Å². The molecule has 0 saturated carbocycles. The van der Waals surface area contributed by atoms with Crippen LogP contribution in [0.25, 0.3) is 0 Å². The van der Waals surface area contributed by atoms with E-state index in [-0.39, 0.29) is 6.03 Å². The summed E-state index contributed by atoms with van der Waals surface area (Å²) < 4.78 is 0. The van der Waals surface area contributed by atoms with E-state index in [1.165, 1.54) is 5.56 Å². The molecule has 23 heavy (non-hydrogen) atoms. The zero-order valence-electron chi connectivity index (χ0n) is 14.6. The largest absolute Gasteiger partial charge is 0.329 e.